The molecular formula is C30H30O10. The molecule has 4 aromatic rings. The van der Waals surface area contributed by atoms with Gasteiger partial charge in [-0.2, -0.15) is 0 Å². The van der Waals surface area contributed by atoms with E-state index in [2.05, 4.69) is 0 Å². The summed E-state index contributed by atoms with van der Waals surface area (Å²) in [5, 5.41) is 0.248. The van der Waals surface area contributed by atoms with Crippen LogP contribution in [0.5, 0.6) is 40.2 Å². The summed E-state index contributed by atoms with van der Waals surface area (Å²) in [6.45, 7) is 0.289. The monoisotopic (exact) mass is 550 g/mol. The number of methoxy groups -OCH3 is 6. The van der Waals surface area contributed by atoms with E-state index in [1.54, 1.807) is 51.7 Å². The number of ether oxygens (including phenoxy) is 8. The average molecular weight is 551 g/mol. The van der Waals surface area contributed by atoms with Gasteiger partial charge in [0.2, 0.25) is 11.2 Å². The van der Waals surface area contributed by atoms with Gasteiger partial charge in [-0.25, -0.2) is 0 Å². The van der Waals surface area contributed by atoms with E-state index in [1.165, 1.54) is 21.3 Å². The number of fused-ring (bicyclic) bond motifs is 2. The van der Waals surface area contributed by atoms with E-state index in [9.17, 15) is 4.79 Å². The molecule has 0 saturated heterocycles. The van der Waals surface area contributed by atoms with Crippen molar-refractivity contribution in [3.63, 3.8) is 0 Å². The normalized spacial score (nSPS) is 15.9. The molecule has 3 aromatic carbocycles. The smallest absolute Gasteiger partial charge is 0.239 e. The van der Waals surface area contributed by atoms with Crippen molar-refractivity contribution in [3.8, 4) is 51.6 Å². The van der Waals surface area contributed by atoms with Crippen molar-refractivity contribution in [3.05, 3.63) is 64.3 Å². The second-order valence-electron chi connectivity index (χ2n) is 8.92. The van der Waals surface area contributed by atoms with Crippen LogP contribution < -0.4 is 38.6 Å². The minimum atomic E-state index is -0.526. The van der Waals surface area contributed by atoms with Gasteiger partial charge < -0.3 is 42.3 Å². The average Bonchev–Trinajstić information content (AvgIpc) is 2.99. The van der Waals surface area contributed by atoms with Crippen molar-refractivity contribution in [2.75, 3.05) is 49.3 Å². The Morgan fingerprint density at radius 3 is 2.17 bits per heavy atom. The summed E-state index contributed by atoms with van der Waals surface area (Å²) < 4.78 is 51.6. The first-order valence-electron chi connectivity index (χ1n) is 12.4. The molecule has 210 valence electrons. The van der Waals surface area contributed by atoms with E-state index in [0.29, 0.717) is 40.1 Å². The molecule has 0 aliphatic carbocycles. The Hall–Kier alpha value is -4.57. The summed E-state index contributed by atoms with van der Waals surface area (Å²) in [5.41, 5.74) is 1.27. The fraction of sp³-hybridized carbons (Fsp3) is 0.300. The molecule has 1 aromatic heterocycles. The lowest BCUT2D eigenvalue weighted by Gasteiger charge is -2.34. The molecule has 10 heteroatoms. The van der Waals surface area contributed by atoms with Gasteiger partial charge >= 0.3 is 0 Å². The van der Waals surface area contributed by atoms with Crippen molar-refractivity contribution in [1.29, 1.82) is 0 Å². The Balaban J connectivity index is 1.61. The summed E-state index contributed by atoms with van der Waals surface area (Å²) in [6, 6.07) is 14.1. The van der Waals surface area contributed by atoms with Crippen molar-refractivity contribution in [1.82, 2.24) is 0 Å². The Labute approximate surface area is 230 Å². The third-order valence-corrected chi connectivity index (χ3v) is 6.69. The SMILES string of the molecule is COC[C@H]1Oc2ccc(-c3oc4cc(OC)cc(OC)c4c(=O)c3OC)cc2O[C@H]1c1ccc(OC)c(OC)c1. The maximum atomic E-state index is 13.5. The van der Waals surface area contributed by atoms with Crippen LogP contribution in [0, 0.1) is 0 Å². The highest BCUT2D eigenvalue weighted by Crippen LogP contribution is 2.45. The first-order valence-corrected chi connectivity index (χ1v) is 12.4. The van der Waals surface area contributed by atoms with E-state index in [-0.39, 0.29) is 34.5 Å². The molecule has 5 rings (SSSR count). The number of benzene rings is 3. The number of hydrogen-bond donors (Lipinski definition) is 0. The third-order valence-electron chi connectivity index (χ3n) is 6.69. The van der Waals surface area contributed by atoms with Crippen molar-refractivity contribution in [2.24, 2.45) is 0 Å². The Kier molecular flexibility index (Phi) is 7.61. The van der Waals surface area contributed by atoms with E-state index >= 15 is 0 Å². The van der Waals surface area contributed by atoms with Gasteiger partial charge in [0.05, 0.1) is 42.2 Å². The second-order valence-corrected chi connectivity index (χ2v) is 8.92. The van der Waals surface area contributed by atoms with E-state index in [0.717, 1.165) is 5.56 Å². The quantitative estimate of drug-likeness (QED) is 0.282. The first kappa shape index (κ1) is 27.0. The highest BCUT2D eigenvalue weighted by molar-refractivity contribution is 5.88. The molecule has 0 unspecified atom stereocenters. The van der Waals surface area contributed by atoms with Crippen LogP contribution in [0.25, 0.3) is 22.3 Å². The second kappa shape index (κ2) is 11.3. The van der Waals surface area contributed by atoms with Crippen LogP contribution in [0.4, 0.5) is 0 Å². The lowest BCUT2D eigenvalue weighted by atomic mass is 10.0. The van der Waals surface area contributed by atoms with Gasteiger partial charge in [0, 0.05) is 30.4 Å². The molecule has 0 spiro atoms. The topological polar surface area (TPSA) is 104 Å². The molecule has 10 nitrogen and oxygen atoms in total. The van der Waals surface area contributed by atoms with E-state index < -0.39 is 12.2 Å². The van der Waals surface area contributed by atoms with Gasteiger partial charge in [0.1, 0.15) is 22.5 Å². The van der Waals surface area contributed by atoms with Crippen molar-refractivity contribution < 1.29 is 42.3 Å². The highest BCUT2D eigenvalue weighted by atomic mass is 16.6. The van der Waals surface area contributed by atoms with Crippen molar-refractivity contribution in [2.45, 2.75) is 12.2 Å². The maximum absolute atomic E-state index is 13.5. The van der Waals surface area contributed by atoms with Crippen LogP contribution in [0.1, 0.15) is 11.7 Å². The third kappa shape index (κ3) is 4.71. The maximum Gasteiger partial charge on any atom is 0.239 e. The van der Waals surface area contributed by atoms with Crippen LogP contribution in [0.3, 0.4) is 0 Å². The van der Waals surface area contributed by atoms with Crippen LogP contribution in [-0.2, 0) is 4.74 Å². The largest absolute Gasteiger partial charge is 0.496 e. The predicted molar refractivity (Wildman–Crippen MR) is 147 cm³/mol. The Bertz CT molecular complexity index is 1590. The molecule has 0 radical (unpaired) electrons. The molecule has 0 bridgehead atoms. The van der Waals surface area contributed by atoms with Crippen LogP contribution in [0.2, 0.25) is 0 Å². The summed E-state index contributed by atoms with van der Waals surface area (Å²) in [7, 11) is 9.17. The minimum Gasteiger partial charge on any atom is -0.496 e. The standard InChI is InChI=1S/C30H30O10/c1-32-15-25-28(16-7-9-19(34-3)21(11-16)35-4)39-22-12-17(8-10-20(22)38-25)29-30(37-6)27(31)26-23(36-5)13-18(33-2)14-24(26)40-29/h7-14,25,28H,15H2,1-6H3/t25-,28+/m1/s1. The lowest BCUT2D eigenvalue weighted by Crippen LogP contribution is -2.36. The fourth-order valence-corrected chi connectivity index (χ4v) is 4.77. The summed E-state index contributed by atoms with van der Waals surface area (Å²) in [5.74, 6) is 3.19. The van der Waals surface area contributed by atoms with Crippen LogP contribution in [0.15, 0.2) is 57.7 Å². The Morgan fingerprint density at radius 1 is 0.725 bits per heavy atom. The Morgan fingerprint density at radius 2 is 1.50 bits per heavy atom. The van der Waals surface area contributed by atoms with Gasteiger partial charge in [0.25, 0.3) is 0 Å². The molecule has 2 heterocycles. The fourth-order valence-electron chi connectivity index (χ4n) is 4.77. The summed E-state index contributed by atoms with van der Waals surface area (Å²) in [4.78, 5) is 13.5. The molecule has 40 heavy (non-hydrogen) atoms. The molecule has 2 atom stereocenters. The first-order chi connectivity index (χ1) is 19.5. The van der Waals surface area contributed by atoms with E-state index in [1.807, 2.05) is 18.2 Å². The van der Waals surface area contributed by atoms with Gasteiger partial charge in [0.15, 0.2) is 41.0 Å². The predicted octanol–water partition coefficient (Wildman–Crippen LogP) is 5.03. The lowest BCUT2D eigenvalue weighted by molar-refractivity contribution is -0.0239. The minimum absolute atomic E-state index is 0.0290. The number of hydrogen-bond acceptors (Lipinski definition) is 10. The highest BCUT2D eigenvalue weighted by Gasteiger charge is 2.34. The van der Waals surface area contributed by atoms with Gasteiger partial charge in [-0.1, -0.05) is 6.07 Å². The zero-order chi connectivity index (χ0) is 28.4. The molecule has 1 aliphatic rings. The summed E-state index contributed by atoms with van der Waals surface area (Å²) >= 11 is 0. The van der Waals surface area contributed by atoms with Gasteiger partial charge in [-0.3, -0.25) is 4.79 Å². The molecule has 0 fully saturated rings. The molecule has 1 aliphatic heterocycles. The summed E-state index contributed by atoms with van der Waals surface area (Å²) in [6.07, 6.45) is -0.962. The van der Waals surface area contributed by atoms with Crippen LogP contribution >= 0.6 is 0 Å². The molecule has 0 amide bonds. The van der Waals surface area contributed by atoms with Gasteiger partial charge in [-0.05, 0) is 30.3 Å². The van der Waals surface area contributed by atoms with Crippen LogP contribution in [-0.4, -0.2) is 55.4 Å². The molecule has 0 N–H and O–H groups in total. The number of rotatable bonds is 9. The zero-order valence-corrected chi connectivity index (χ0v) is 23.1. The molecule has 0 saturated carbocycles. The van der Waals surface area contributed by atoms with Gasteiger partial charge in [-0.15, -0.1) is 0 Å². The van der Waals surface area contributed by atoms with E-state index in [4.69, 9.17) is 42.3 Å². The zero-order valence-electron chi connectivity index (χ0n) is 23.1. The molecular weight excluding hydrogens is 520 g/mol. The van der Waals surface area contributed by atoms with Crippen molar-refractivity contribution >= 4 is 11.0 Å².